The number of hydrogen-bond acceptors (Lipinski definition) is 1. The zero-order chi connectivity index (χ0) is 14.1. The first-order chi connectivity index (χ1) is 9.69. The first-order valence-electron chi connectivity index (χ1n) is 7.61. The van der Waals surface area contributed by atoms with Gasteiger partial charge in [-0.2, -0.15) is 0 Å². The van der Waals surface area contributed by atoms with Gasteiger partial charge in [-0.3, -0.25) is 0 Å². The zero-order valence-corrected chi connectivity index (χ0v) is 12.7. The zero-order valence-electron chi connectivity index (χ0n) is 12.7. The van der Waals surface area contributed by atoms with Gasteiger partial charge in [-0.05, 0) is 59.2 Å². The fourth-order valence-electron chi connectivity index (χ4n) is 3.06. The van der Waals surface area contributed by atoms with Crippen LogP contribution in [-0.4, -0.2) is 14.1 Å². The van der Waals surface area contributed by atoms with Crippen LogP contribution in [0.15, 0.2) is 36.4 Å². The molecule has 2 aromatic carbocycles. The maximum Gasteiger partial charge on any atom is 0.0364 e. The second-order valence-electron chi connectivity index (χ2n) is 6.01. The average Bonchev–Trinajstić information content (AvgIpc) is 2.81. The molecular weight excluding hydrogens is 242 g/mol. The predicted molar refractivity (Wildman–Crippen MR) is 87.6 cm³/mol. The van der Waals surface area contributed by atoms with E-state index < -0.39 is 0 Å². The van der Waals surface area contributed by atoms with E-state index >= 15 is 0 Å². The van der Waals surface area contributed by atoms with Crippen LogP contribution < -0.4 is 4.90 Å². The molecular formula is C19H23N. The van der Waals surface area contributed by atoms with Gasteiger partial charge >= 0.3 is 0 Å². The summed E-state index contributed by atoms with van der Waals surface area (Å²) in [7, 11) is 4.21. The molecule has 0 aliphatic heterocycles. The van der Waals surface area contributed by atoms with Gasteiger partial charge in [-0.25, -0.2) is 0 Å². The standard InChI is InChI=1S/C19H23N/c1-4-5-6-14-7-9-18-15(11-14)12-16-13-17(20(2)3)8-10-19(16)18/h7-11,13H,4-6,12H2,1-3H3. The lowest BCUT2D eigenvalue weighted by molar-refractivity contribution is 0.794. The summed E-state index contributed by atoms with van der Waals surface area (Å²) in [4.78, 5) is 2.18. The molecule has 0 saturated carbocycles. The Morgan fingerprint density at radius 1 is 0.950 bits per heavy atom. The summed E-state index contributed by atoms with van der Waals surface area (Å²) < 4.78 is 0. The fourth-order valence-corrected chi connectivity index (χ4v) is 3.06. The lowest BCUT2D eigenvalue weighted by Gasteiger charge is -2.13. The number of hydrogen-bond donors (Lipinski definition) is 0. The Morgan fingerprint density at radius 2 is 1.65 bits per heavy atom. The van der Waals surface area contributed by atoms with Crippen LogP contribution in [0, 0.1) is 0 Å². The molecule has 2 aromatic rings. The van der Waals surface area contributed by atoms with Crippen LogP contribution in [0.25, 0.3) is 11.1 Å². The molecule has 0 atom stereocenters. The van der Waals surface area contributed by atoms with Crippen LogP contribution in [0.3, 0.4) is 0 Å². The van der Waals surface area contributed by atoms with E-state index in [2.05, 4.69) is 62.3 Å². The summed E-state index contributed by atoms with van der Waals surface area (Å²) in [5, 5.41) is 0. The quantitative estimate of drug-likeness (QED) is 0.663. The molecule has 0 aromatic heterocycles. The topological polar surface area (TPSA) is 3.24 Å². The SMILES string of the molecule is CCCCc1ccc2c(c1)Cc1cc(N(C)C)ccc1-2. The van der Waals surface area contributed by atoms with Crippen molar-refractivity contribution in [3.63, 3.8) is 0 Å². The number of fused-ring (bicyclic) bond motifs is 3. The number of nitrogens with zero attached hydrogens (tertiary/aromatic N) is 1. The van der Waals surface area contributed by atoms with Crippen molar-refractivity contribution in [1.82, 2.24) is 0 Å². The van der Waals surface area contributed by atoms with Crippen molar-refractivity contribution in [1.29, 1.82) is 0 Å². The Hall–Kier alpha value is -1.76. The van der Waals surface area contributed by atoms with Gasteiger partial charge in [-0.1, -0.05) is 37.6 Å². The fraction of sp³-hybridized carbons (Fsp3) is 0.368. The summed E-state index contributed by atoms with van der Waals surface area (Å²) in [5.74, 6) is 0. The van der Waals surface area contributed by atoms with Crippen LogP contribution in [-0.2, 0) is 12.8 Å². The van der Waals surface area contributed by atoms with E-state index in [1.807, 2.05) is 0 Å². The second-order valence-corrected chi connectivity index (χ2v) is 6.01. The maximum absolute atomic E-state index is 2.42. The van der Waals surface area contributed by atoms with Gasteiger partial charge in [0.2, 0.25) is 0 Å². The third-order valence-electron chi connectivity index (χ3n) is 4.26. The van der Waals surface area contributed by atoms with Gasteiger partial charge in [0, 0.05) is 19.8 Å². The van der Waals surface area contributed by atoms with Crippen LogP contribution in [0.1, 0.15) is 36.5 Å². The summed E-state index contributed by atoms with van der Waals surface area (Å²) in [6, 6.07) is 13.9. The van der Waals surface area contributed by atoms with E-state index in [1.165, 1.54) is 52.8 Å². The highest BCUT2D eigenvalue weighted by molar-refractivity contribution is 5.79. The molecule has 1 nitrogen and oxygen atoms in total. The molecule has 3 rings (SSSR count). The van der Waals surface area contributed by atoms with Gasteiger partial charge < -0.3 is 4.90 Å². The molecule has 0 radical (unpaired) electrons. The highest BCUT2D eigenvalue weighted by Gasteiger charge is 2.19. The Labute approximate surface area is 122 Å². The summed E-state index contributed by atoms with van der Waals surface area (Å²) >= 11 is 0. The molecule has 1 heteroatoms. The van der Waals surface area contributed by atoms with Crippen molar-refractivity contribution in [3.05, 3.63) is 53.1 Å². The Morgan fingerprint density at radius 3 is 2.35 bits per heavy atom. The van der Waals surface area contributed by atoms with Gasteiger partial charge in [0.15, 0.2) is 0 Å². The van der Waals surface area contributed by atoms with Crippen LogP contribution in [0.2, 0.25) is 0 Å². The predicted octanol–water partition coefficient (Wildman–Crippen LogP) is 4.67. The van der Waals surface area contributed by atoms with Crippen molar-refractivity contribution < 1.29 is 0 Å². The van der Waals surface area contributed by atoms with Gasteiger partial charge in [0.1, 0.15) is 0 Å². The summed E-state index contributed by atoms with van der Waals surface area (Å²) in [6.45, 7) is 2.26. The summed E-state index contributed by atoms with van der Waals surface area (Å²) in [6.07, 6.45) is 4.86. The van der Waals surface area contributed by atoms with Gasteiger partial charge in [-0.15, -0.1) is 0 Å². The molecule has 1 aliphatic carbocycles. The number of rotatable bonds is 4. The monoisotopic (exact) mass is 265 g/mol. The Kier molecular flexibility index (Phi) is 3.52. The molecule has 104 valence electrons. The van der Waals surface area contributed by atoms with Crippen molar-refractivity contribution in [2.45, 2.75) is 32.6 Å². The largest absolute Gasteiger partial charge is 0.378 e. The van der Waals surface area contributed by atoms with E-state index in [0.717, 1.165) is 6.42 Å². The molecule has 0 bridgehead atoms. The van der Waals surface area contributed by atoms with Crippen LogP contribution in [0.4, 0.5) is 5.69 Å². The van der Waals surface area contributed by atoms with Gasteiger partial charge in [0.05, 0.1) is 0 Å². The number of benzene rings is 2. The minimum absolute atomic E-state index is 1.09. The van der Waals surface area contributed by atoms with Crippen molar-refractivity contribution in [3.8, 4) is 11.1 Å². The lowest BCUT2D eigenvalue weighted by atomic mass is 10.0. The number of anilines is 1. The van der Waals surface area contributed by atoms with E-state index in [9.17, 15) is 0 Å². The Bertz CT molecular complexity index is 626. The summed E-state index contributed by atoms with van der Waals surface area (Å²) in [5.41, 5.74) is 8.62. The highest BCUT2D eigenvalue weighted by Crippen LogP contribution is 2.38. The molecule has 0 fully saturated rings. The van der Waals surface area contributed by atoms with Crippen LogP contribution >= 0.6 is 0 Å². The molecule has 0 unspecified atom stereocenters. The number of unbranched alkanes of at least 4 members (excludes halogenated alkanes) is 1. The molecule has 1 aliphatic rings. The minimum atomic E-state index is 1.09. The maximum atomic E-state index is 2.42. The van der Waals surface area contributed by atoms with Gasteiger partial charge in [0.25, 0.3) is 0 Å². The molecule has 0 spiro atoms. The molecule has 0 saturated heterocycles. The van der Waals surface area contributed by atoms with Crippen molar-refractivity contribution in [2.75, 3.05) is 19.0 Å². The van der Waals surface area contributed by atoms with Crippen molar-refractivity contribution in [2.24, 2.45) is 0 Å². The van der Waals surface area contributed by atoms with Crippen LogP contribution in [0.5, 0.6) is 0 Å². The Balaban J connectivity index is 1.93. The second kappa shape index (κ2) is 5.32. The average molecular weight is 265 g/mol. The van der Waals surface area contributed by atoms with E-state index in [0.29, 0.717) is 0 Å². The van der Waals surface area contributed by atoms with Crippen molar-refractivity contribution >= 4 is 5.69 Å². The normalized spacial score (nSPS) is 12.2. The van der Waals surface area contributed by atoms with E-state index in [1.54, 1.807) is 0 Å². The lowest BCUT2D eigenvalue weighted by Crippen LogP contribution is -2.08. The first-order valence-corrected chi connectivity index (χ1v) is 7.61. The third-order valence-corrected chi connectivity index (χ3v) is 4.26. The molecule has 0 amide bonds. The molecule has 0 heterocycles. The molecule has 20 heavy (non-hydrogen) atoms. The minimum Gasteiger partial charge on any atom is -0.378 e. The first kappa shape index (κ1) is 13.2. The highest BCUT2D eigenvalue weighted by atomic mass is 15.1. The molecule has 0 N–H and O–H groups in total. The van der Waals surface area contributed by atoms with E-state index in [-0.39, 0.29) is 0 Å². The third kappa shape index (κ3) is 2.33. The van der Waals surface area contributed by atoms with E-state index in [4.69, 9.17) is 0 Å². The number of aryl methyl sites for hydroxylation is 1. The smallest absolute Gasteiger partial charge is 0.0364 e.